The molecule has 1 aromatic rings. The first-order valence-electron chi connectivity index (χ1n) is 8.50. The second-order valence-corrected chi connectivity index (χ2v) is 9.81. The fourth-order valence-electron chi connectivity index (χ4n) is 3.37. The van der Waals surface area contributed by atoms with E-state index in [9.17, 15) is 13.2 Å². The van der Waals surface area contributed by atoms with Crippen LogP contribution in [0.1, 0.15) is 19.8 Å². The van der Waals surface area contributed by atoms with Crippen molar-refractivity contribution < 1.29 is 13.2 Å². The molecule has 0 bridgehead atoms. The highest BCUT2D eigenvalue weighted by molar-refractivity contribution is 7.91. The van der Waals surface area contributed by atoms with E-state index in [-0.39, 0.29) is 5.91 Å². The van der Waals surface area contributed by atoms with Crippen molar-refractivity contribution >= 4 is 27.3 Å². The molecular weight excluding hydrogens is 346 g/mol. The number of likely N-dealkylation sites (tertiary alicyclic amines) is 1. The minimum absolute atomic E-state index is 0.177. The number of rotatable bonds is 4. The van der Waals surface area contributed by atoms with Crippen molar-refractivity contribution in [1.29, 1.82) is 0 Å². The number of hydrogen-bond acceptors (Lipinski definition) is 5. The summed E-state index contributed by atoms with van der Waals surface area (Å²) < 4.78 is 26.9. The van der Waals surface area contributed by atoms with Gasteiger partial charge in [0.1, 0.15) is 4.21 Å². The van der Waals surface area contributed by atoms with Crippen LogP contribution in [0.4, 0.5) is 0 Å². The lowest BCUT2D eigenvalue weighted by Crippen LogP contribution is -2.52. The minimum atomic E-state index is -3.37. The van der Waals surface area contributed by atoms with Crippen LogP contribution < -0.4 is 0 Å². The summed E-state index contributed by atoms with van der Waals surface area (Å²) in [5.74, 6) is 0.756. The number of piperazine rings is 1. The molecule has 0 radical (unpaired) electrons. The maximum atomic E-state index is 12.5. The van der Waals surface area contributed by atoms with E-state index in [4.69, 9.17) is 0 Å². The molecule has 8 heteroatoms. The highest BCUT2D eigenvalue weighted by Gasteiger charge is 2.30. The highest BCUT2D eigenvalue weighted by Crippen LogP contribution is 2.22. The molecule has 134 valence electrons. The van der Waals surface area contributed by atoms with Crippen LogP contribution in [0.25, 0.3) is 0 Å². The first-order valence-corrected chi connectivity index (χ1v) is 10.8. The monoisotopic (exact) mass is 371 g/mol. The van der Waals surface area contributed by atoms with Crippen molar-refractivity contribution in [2.45, 2.75) is 24.0 Å². The average molecular weight is 372 g/mol. The molecule has 0 N–H and O–H groups in total. The number of piperidine rings is 1. The van der Waals surface area contributed by atoms with Crippen LogP contribution in [0.5, 0.6) is 0 Å². The molecule has 0 spiro atoms. The van der Waals surface area contributed by atoms with Crippen LogP contribution in [0.2, 0.25) is 0 Å². The Bertz CT molecular complexity index is 652. The summed E-state index contributed by atoms with van der Waals surface area (Å²) in [6.07, 6.45) is 2.28. The van der Waals surface area contributed by atoms with Crippen LogP contribution >= 0.6 is 11.3 Å². The molecule has 1 atom stereocenters. The van der Waals surface area contributed by atoms with Crippen LogP contribution in [-0.4, -0.2) is 74.2 Å². The largest absolute Gasteiger partial charge is 0.341 e. The van der Waals surface area contributed by atoms with Crippen molar-refractivity contribution in [3.05, 3.63) is 17.5 Å². The van der Waals surface area contributed by atoms with Crippen LogP contribution in [0.3, 0.4) is 0 Å². The smallest absolute Gasteiger partial charge is 0.252 e. The zero-order chi connectivity index (χ0) is 17.2. The summed E-state index contributed by atoms with van der Waals surface area (Å²) in [4.78, 5) is 16.5. The molecule has 3 heterocycles. The summed E-state index contributed by atoms with van der Waals surface area (Å²) in [5.41, 5.74) is 0. The molecule has 0 unspecified atom stereocenters. The van der Waals surface area contributed by atoms with Gasteiger partial charge in [-0.2, -0.15) is 4.31 Å². The molecule has 1 amide bonds. The summed E-state index contributed by atoms with van der Waals surface area (Å²) in [5, 5.41) is 1.78. The van der Waals surface area contributed by atoms with Crippen molar-refractivity contribution in [1.82, 2.24) is 14.1 Å². The van der Waals surface area contributed by atoms with Gasteiger partial charge in [0.05, 0.1) is 6.54 Å². The highest BCUT2D eigenvalue weighted by atomic mass is 32.2. The van der Waals surface area contributed by atoms with E-state index in [1.54, 1.807) is 17.5 Å². The number of carbonyl (C=O) groups excluding carboxylic acids is 1. The molecule has 3 rings (SSSR count). The molecule has 1 aromatic heterocycles. The topological polar surface area (TPSA) is 60.9 Å². The molecule has 0 aromatic carbocycles. The Hall–Kier alpha value is -0.960. The Labute approximate surface area is 148 Å². The third-order valence-electron chi connectivity index (χ3n) is 4.79. The van der Waals surface area contributed by atoms with E-state index in [1.165, 1.54) is 22.1 Å². The van der Waals surface area contributed by atoms with Gasteiger partial charge in [0.2, 0.25) is 5.91 Å². The molecule has 0 aliphatic carbocycles. The Morgan fingerprint density at radius 2 is 2.00 bits per heavy atom. The third-order valence-corrected chi connectivity index (χ3v) is 8.06. The Balaban J connectivity index is 1.51. The van der Waals surface area contributed by atoms with Gasteiger partial charge in [-0.3, -0.25) is 9.69 Å². The van der Waals surface area contributed by atoms with Crippen LogP contribution in [0, 0.1) is 5.92 Å². The average Bonchev–Trinajstić information content (AvgIpc) is 3.10. The van der Waals surface area contributed by atoms with Crippen LogP contribution in [0.15, 0.2) is 21.7 Å². The number of carbonyl (C=O) groups is 1. The lowest BCUT2D eigenvalue weighted by atomic mass is 10.0. The number of thiophene rings is 1. The lowest BCUT2D eigenvalue weighted by molar-refractivity contribution is -0.134. The van der Waals surface area contributed by atoms with Crippen molar-refractivity contribution in [2.75, 3.05) is 45.8 Å². The fraction of sp³-hybridized carbons (Fsp3) is 0.688. The Morgan fingerprint density at radius 3 is 2.62 bits per heavy atom. The van der Waals surface area contributed by atoms with E-state index >= 15 is 0 Å². The molecule has 6 nitrogen and oxygen atoms in total. The van der Waals surface area contributed by atoms with E-state index < -0.39 is 10.0 Å². The zero-order valence-corrected chi connectivity index (χ0v) is 15.7. The number of hydrogen-bond donors (Lipinski definition) is 0. The Morgan fingerprint density at radius 1 is 1.25 bits per heavy atom. The van der Waals surface area contributed by atoms with Crippen LogP contribution in [-0.2, 0) is 14.8 Å². The van der Waals surface area contributed by atoms with Gasteiger partial charge in [0.25, 0.3) is 10.0 Å². The van der Waals surface area contributed by atoms with Gasteiger partial charge in [-0.05, 0) is 30.2 Å². The van der Waals surface area contributed by atoms with E-state index in [1.807, 2.05) is 4.90 Å². The summed E-state index contributed by atoms with van der Waals surface area (Å²) >= 11 is 1.25. The molecule has 24 heavy (non-hydrogen) atoms. The summed E-state index contributed by atoms with van der Waals surface area (Å²) in [6, 6.07) is 3.40. The number of amides is 1. The first-order chi connectivity index (χ1) is 11.5. The van der Waals surface area contributed by atoms with Gasteiger partial charge >= 0.3 is 0 Å². The second-order valence-electron chi connectivity index (χ2n) is 6.70. The van der Waals surface area contributed by atoms with Gasteiger partial charge in [-0.15, -0.1) is 11.3 Å². The van der Waals surface area contributed by atoms with Gasteiger partial charge in [0, 0.05) is 39.3 Å². The minimum Gasteiger partial charge on any atom is -0.341 e. The fourth-order valence-corrected chi connectivity index (χ4v) is 5.94. The third kappa shape index (κ3) is 3.99. The van der Waals surface area contributed by atoms with Gasteiger partial charge in [-0.25, -0.2) is 8.42 Å². The van der Waals surface area contributed by atoms with Gasteiger partial charge < -0.3 is 4.90 Å². The SMILES string of the molecule is C[C@H]1CCCN(C(=O)CN2CCN(S(=O)(=O)c3cccs3)CC2)C1. The number of nitrogens with zero attached hydrogens (tertiary/aromatic N) is 3. The quantitative estimate of drug-likeness (QED) is 0.801. The predicted octanol–water partition coefficient (Wildman–Crippen LogP) is 1.31. The molecule has 2 saturated heterocycles. The number of sulfonamides is 1. The van der Waals surface area contributed by atoms with Crippen molar-refractivity contribution in [3.63, 3.8) is 0 Å². The maximum Gasteiger partial charge on any atom is 0.252 e. The van der Waals surface area contributed by atoms with Gasteiger partial charge in [0.15, 0.2) is 0 Å². The maximum absolute atomic E-state index is 12.5. The molecule has 2 aliphatic heterocycles. The van der Waals surface area contributed by atoms with Gasteiger partial charge in [-0.1, -0.05) is 13.0 Å². The van der Waals surface area contributed by atoms with Crippen molar-refractivity contribution in [2.24, 2.45) is 5.92 Å². The zero-order valence-electron chi connectivity index (χ0n) is 14.1. The van der Waals surface area contributed by atoms with Crippen molar-refractivity contribution in [3.8, 4) is 0 Å². The van der Waals surface area contributed by atoms with E-state index in [0.717, 1.165) is 19.5 Å². The van der Waals surface area contributed by atoms with E-state index in [2.05, 4.69) is 11.8 Å². The second kappa shape index (κ2) is 7.51. The standard InChI is InChI=1S/C16H25N3O3S2/c1-14-4-2-6-18(12-14)15(20)13-17-7-9-19(10-8-17)24(21,22)16-5-3-11-23-16/h3,5,11,14H,2,4,6-10,12-13H2,1H3/t14-/m0/s1. The summed E-state index contributed by atoms with van der Waals surface area (Å²) in [6.45, 7) is 6.42. The molecule has 2 aliphatic rings. The predicted molar refractivity (Wildman–Crippen MR) is 94.5 cm³/mol. The normalized spacial score (nSPS) is 24.2. The first kappa shape index (κ1) is 17.8. The molecule has 2 fully saturated rings. The molecular formula is C16H25N3O3S2. The molecule has 0 saturated carbocycles. The Kier molecular flexibility index (Phi) is 5.59. The summed E-state index contributed by atoms with van der Waals surface area (Å²) in [7, 11) is -3.37. The lowest BCUT2D eigenvalue weighted by Gasteiger charge is -2.36. The van der Waals surface area contributed by atoms with E-state index in [0.29, 0.717) is 42.9 Å².